The number of aliphatic hydroxyl groups excluding tert-OH is 1. The number of urea groups is 1. The summed E-state index contributed by atoms with van der Waals surface area (Å²) in [6, 6.07) is 0.539. The van der Waals surface area contributed by atoms with Crippen LogP contribution in [-0.2, 0) is 0 Å². The molecule has 1 fully saturated rings. The number of carbonyl (C=O) groups is 1. The summed E-state index contributed by atoms with van der Waals surface area (Å²) >= 11 is 0. The molecule has 0 spiro atoms. The third-order valence-corrected chi connectivity index (χ3v) is 5.05. The predicted molar refractivity (Wildman–Crippen MR) is 104 cm³/mol. The van der Waals surface area contributed by atoms with Gasteiger partial charge in [-0.1, -0.05) is 0 Å². The number of alkyl halides is 3. The molecule has 0 aliphatic carbocycles. The number of furan rings is 1. The van der Waals surface area contributed by atoms with Crippen LogP contribution in [0.1, 0.15) is 17.4 Å². The van der Waals surface area contributed by atoms with Crippen LogP contribution in [0.2, 0.25) is 0 Å². The molecule has 0 radical (unpaired) electrons. The number of carbonyl (C=O) groups excluding carboxylic acids is 1. The molecule has 0 saturated carbocycles. The average molecular weight is 456 g/mol. The lowest BCUT2D eigenvalue weighted by molar-refractivity contribution is -0.158. The molecule has 3 heterocycles. The van der Waals surface area contributed by atoms with E-state index in [-0.39, 0.29) is 16.6 Å². The number of anilines is 2. The maximum absolute atomic E-state index is 14.0. The first kappa shape index (κ1) is 21.8. The molecular weight excluding hydrogens is 439 g/mol. The molecule has 32 heavy (non-hydrogen) atoms. The highest BCUT2D eigenvalue weighted by Gasteiger charge is 2.45. The van der Waals surface area contributed by atoms with E-state index in [1.165, 1.54) is 19.2 Å². The summed E-state index contributed by atoms with van der Waals surface area (Å²) in [6.45, 7) is 2.04. The van der Waals surface area contributed by atoms with Gasteiger partial charge >= 0.3 is 12.2 Å². The van der Waals surface area contributed by atoms with E-state index in [0.29, 0.717) is 25.0 Å². The number of halogens is 5. The van der Waals surface area contributed by atoms with Gasteiger partial charge in [0, 0.05) is 30.1 Å². The van der Waals surface area contributed by atoms with E-state index >= 15 is 0 Å². The van der Waals surface area contributed by atoms with Gasteiger partial charge in [-0.05, 0) is 25.1 Å². The third-order valence-electron chi connectivity index (χ3n) is 5.05. The fourth-order valence-corrected chi connectivity index (χ4v) is 3.42. The number of nitrogens with zero attached hydrogens (tertiary/aromatic N) is 2. The Balaban J connectivity index is 1.53. The van der Waals surface area contributed by atoms with Crippen molar-refractivity contribution in [2.45, 2.75) is 25.2 Å². The monoisotopic (exact) mass is 456 g/mol. The van der Waals surface area contributed by atoms with Crippen molar-refractivity contribution in [1.29, 1.82) is 0 Å². The summed E-state index contributed by atoms with van der Waals surface area (Å²) in [7, 11) is 0. The van der Waals surface area contributed by atoms with Gasteiger partial charge < -0.3 is 25.1 Å². The minimum Gasteiger partial charge on any atom is -0.455 e. The second-order valence-corrected chi connectivity index (χ2v) is 7.39. The molecule has 4 rings (SSSR count). The van der Waals surface area contributed by atoms with E-state index in [0.717, 1.165) is 6.07 Å². The van der Waals surface area contributed by atoms with Gasteiger partial charge in [-0.3, -0.25) is 0 Å². The third kappa shape index (κ3) is 4.17. The van der Waals surface area contributed by atoms with Crippen molar-refractivity contribution in [2.24, 2.45) is 0 Å². The van der Waals surface area contributed by atoms with Gasteiger partial charge in [0.05, 0.1) is 18.0 Å². The quantitative estimate of drug-likeness (QED) is 0.516. The maximum atomic E-state index is 14.0. The van der Waals surface area contributed by atoms with Crippen molar-refractivity contribution in [3.63, 3.8) is 0 Å². The van der Waals surface area contributed by atoms with E-state index in [4.69, 9.17) is 4.42 Å². The summed E-state index contributed by atoms with van der Waals surface area (Å²) in [5, 5.41) is 13.2. The Morgan fingerprint density at radius 2 is 2.00 bits per heavy atom. The summed E-state index contributed by atoms with van der Waals surface area (Å²) in [5.41, 5.74) is -0.558. The van der Waals surface area contributed by atoms with Crippen molar-refractivity contribution in [1.82, 2.24) is 10.3 Å². The van der Waals surface area contributed by atoms with Gasteiger partial charge in [0.2, 0.25) is 0 Å². The number of benzene rings is 1. The SMILES string of the molecule is Cc1c([C@H](NC(=O)Nc2ccc(N3CC(O)C3)nc2)C(F)(F)F)oc2c(F)cc(F)cc12. The van der Waals surface area contributed by atoms with E-state index in [9.17, 15) is 31.9 Å². The molecule has 1 atom stereocenters. The van der Waals surface area contributed by atoms with E-state index in [1.54, 1.807) is 16.3 Å². The van der Waals surface area contributed by atoms with Crippen molar-refractivity contribution < 1.29 is 36.3 Å². The summed E-state index contributed by atoms with van der Waals surface area (Å²) in [4.78, 5) is 18.1. The fourth-order valence-electron chi connectivity index (χ4n) is 3.42. The first-order valence-corrected chi connectivity index (χ1v) is 9.44. The van der Waals surface area contributed by atoms with Gasteiger partial charge in [-0.2, -0.15) is 13.2 Å². The molecule has 1 aliphatic rings. The first-order valence-electron chi connectivity index (χ1n) is 9.44. The highest BCUT2D eigenvalue weighted by molar-refractivity contribution is 5.90. The zero-order valence-electron chi connectivity index (χ0n) is 16.5. The second-order valence-electron chi connectivity index (χ2n) is 7.39. The number of β-amino-alcohol motifs (C(OH)–C–C–N with tert-alkyl or cyclic N) is 1. The van der Waals surface area contributed by atoms with E-state index < -0.39 is 47.3 Å². The summed E-state index contributed by atoms with van der Waals surface area (Å²) in [6.07, 6.45) is -4.16. The minimum absolute atomic E-state index is 0.127. The molecule has 12 heteroatoms. The number of aryl methyl sites for hydroxylation is 1. The lowest BCUT2D eigenvalue weighted by Crippen LogP contribution is -2.51. The summed E-state index contributed by atoms with van der Waals surface area (Å²) < 4.78 is 73.6. The molecule has 7 nitrogen and oxygen atoms in total. The Bertz CT molecular complexity index is 1160. The van der Waals surface area contributed by atoms with Crippen LogP contribution in [0.25, 0.3) is 11.0 Å². The highest BCUT2D eigenvalue weighted by atomic mass is 19.4. The fraction of sp³-hybridized carbons (Fsp3) is 0.300. The molecule has 1 saturated heterocycles. The normalized spacial score (nSPS) is 15.5. The van der Waals surface area contributed by atoms with Crippen LogP contribution in [0.3, 0.4) is 0 Å². The molecule has 1 aliphatic heterocycles. The number of pyridine rings is 1. The number of rotatable bonds is 4. The van der Waals surface area contributed by atoms with Crippen LogP contribution >= 0.6 is 0 Å². The topological polar surface area (TPSA) is 90.6 Å². The number of nitrogens with one attached hydrogen (secondary N) is 2. The van der Waals surface area contributed by atoms with Crippen molar-refractivity contribution in [3.05, 3.63) is 53.4 Å². The van der Waals surface area contributed by atoms with Gasteiger partial charge in [0.1, 0.15) is 17.4 Å². The Morgan fingerprint density at radius 1 is 1.28 bits per heavy atom. The Kier molecular flexibility index (Phi) is 5.41. The van der Waals surface area contributed by atoms with E-state index in [2.05, 4.69) is 10.3 Å². The average Bonchev–Trinajstić information content (AvgIpc) is 3.00. The van der Waals surface area contributed by atoms with Gasteiger partial charge in [-0.15, -0.1) is 0 Å². The molecule has 2 aromatic heterocycles. The molecule has 3 aromatic rings. The molecular formula is C20H17F5N4O3. The van der Waals surface area contributed by atoms with Crippen LogP contribution in [0.15, 0.2) is 34.9 Å². The van der Waals surface area contributed by atoms with Crippen molar-refractivity contribution in [2.75, 3.05) is 23.3 Å². The number of fused-ring (bicyclic) bond motifs is 1. The van der Waals surface area contributed by atoms with Crippen LogP contribution in [-0.4, -0.2) is 41.5 Å². The molecule has 3 N–H and O–H groups in total. The maximum Gasteiger partial charge on any atom is 0.416 e. The lowest BCUT2D eigenvalue weighted by atomic mass is 10.1. The smallest absolute Gasteiger partial charge is 0.416 e. The predicted octanol–water partition coefficient (Wildman–Crippen LogP) is 4.02. The zero-order valence-corrected chi connectivity index (χ0v) is 16.5. The van der Waals surface area contributed by atoms with Crippen LogP contribution < -0.4 is 15.5 Å². The Hall–Kier alpha value is -3.41. The molecule has 0 bridgehead atoms. The number of amides is 2. The largest absolute Gasteiger partial charge is 0.455 e. The highest BCUT2D eigenvalue weighted by Crippen LogP contribution is 2.39. The number of aliphatic hydroxyl groups is 1. The lowest BCUT2D eigenvalue weighted by Gasteiger charge is -2.36. The van der Waals surface area contributed by atoms with Crippen LogP contribution in [0.4, 0.5) is 38.3 Å². The minimum atomic E-state index is -4.98. The van der Waals surface area contributed by atoms with Crippen LogP contribution in [0, 0.1) is 18.6 Å². The first-order chi connectivity index (χ1) is 15.0. The van der Waals surface area contributed by atoms with E-state index in [1.807, 2.05) is 0 Å². The number of hydrogen-bond donors (Lipinski definition) is 3. The van der Waals surface area contributed by atoms with Crippen LogP contribution in [0.5, 0.6) is 0 Å². The Labute approximate surface area is 177 Å². The molecule has 170 valence electrons. The second kappa shape index (κ2) is 7.93. The van der Waals surface area contributed by atoms with Crippen molar-refractivity contribution >= 4 is 28.5 Å². The molecule has 0 unspecified atom stereocenters. The molecule has 1 aromatic carbocycles. The Morgan fingerprint density at radius 3 is 2.59 bits per heavy atom. The zero-order chi connectivity index (χ0) is 23.2. The van der Waals surface area contributed by atoms with Gasteiger partial charge in [-0.25, -0.2) is 18.6 Å². The summed E-state index contributed by atoms with van der Waals surface area (Å²) in [5.74, 6) is -2.33. The number of hydrogen-bond acceptors (Lipinski definition) is 5. The molecule has 2 amide bonds. The van der Waals surface area contributed by atoms with Gasteiger partial charge in [0.15, 0.2) is 17.4 Å². The standard InChI is InChI=1S/C20H17F5N4O3/c1-9-13-4-10(21)5-14(22)17(13)32-16(9)18(20(23,24)25)28-19(31)27-11-2-3-15(26-6-11)29-7-12(30)8-29/h2-6,12,18,30H,7-8H2,1H3,(H2,27,28,31)/t18-/m0/s1. The van der Waals surface area contributed by atoms with Gasteiger partial charge in [0.25, 0.3) is 0 Å². The van der Waals surface area contributed by atoms with Crippen molar-refractivity contribution in [3.8, 4) is 0 Å². The number of aromatic nitrogens is 1.